The van der Waals surface area contributed by atoms with Crippen LogP contribution in [0.1, 0.15) is 37.7 Å². The molecule has 0 aliphatic carbocycles. The molecule has 3 aromatic rings. The number of aromatic nitrogens is 2. The standard InChI is InChI=1S/C21H20N4O2/c1-14-6-7-15(2)18(11-14)25-20(26)16-8-10-23-19(12-16)21(27)24-13-17-5-3-4-9-22-17/h3-12H,13H2,1-2H3,(H,24,27)(H,25,26). The van der Waals surface area contributed by atoms with Gasteiger partial charge in [-0.25, -0.2) is 0 Å². The molecule has 0 saturated carbocycles. The zero-order valence-corrected chi connectivity index (χ0v) is 15.2. The summed E-state index contributed by atoms with van der Waals surface area (Å²) in [6.45, 7) is 4.18. The highest BCUT2D eigenvalue weighted by Crippen LogP contribution is 2.17. The summed E-state index contributed by atoms with van der Waals surface area (Å²) in [6.07, 6.45) is 3.12. The Morgan fingerprint density at radius 2 is 1.78 bits per heavy atom. The Morgan fingerprint density at radius 3 is 2.56 bits per heavy atom. The van der Waals surface area contributed by atoms with Gasteiger partial charge in [0.25, 0.3) is 11.8 Å². The van der Waals surface area contributed by atoms with E-state index in [1.54, 1.807) is 12.3 Å². The van der Waals surface area contributed by atoms with Gasteiger partial charge >= 0.3 is 0 Å². The van der Waals surface area contributed by atoms with Gasteiger partial charge < -0.3 is 10.6 Å². The van der Waals surface area contributed by atoms with Crippen LogP contribution in [0.3, 0.4) is 0 Å². The molecular formula is C21H20N4O2. The Balaban J connectivity index is 1.69. The van der Waals surface area contributed by atoms with Crippen molar-refractivity contribution in [2.24, 2.45) is 0 Å². The summed E-state index contributed by atoms with van der Waals surface area (Å²) < 4.78 is 0. The average molecular weight is 360 g/mol. The van der Waals surface area contributed by atoms with E-state index in [1.807, 2.05) is 50.2 Å². The summed E-state index contributed by atoms with van der Waals surface area (Å²) in [5.41, 5.74) is 4.07. The molecule has 0 atom stereocenters. The van der Waals surface area contributed by atoms with Crippen molar-refractivity contribution in [3.8, 4) is 0 Å². The van der Waals surface area contributed by atoms with Gasteiger partial charge in [0.1, 0.15) is 5.69 Å². The number of hydrogen-bond acceptors (Lipinski definition) is 4. The number of amides is 2. The maximum Gasteiger partial charge on any atom is 0.270 e. The number of rotatable bonds is 5. The van der Waals surface area contributed by atoms with Crippen molar-refractivity contribution in [3.05, 3.63) is 89.0 Å². The largest absolute Gasteiger partial charge is 0.345 e. The maximum atomic E-state index is 12.6. The summed E-state index contributed by atoms with van der Waals surface area (Å²) >= 11 is 0. The molecule has 0 fully saturated rings. The van der Waals surface area contributed by atoms with E-state index in [4.69, 9.17) is 0 Å². The maximum absolute atomic E-state index is 12.6. The van der Waals surface area contributed by atoms with E-state index >= 15 is 0 Å². The second-order valence-corrected chi connectivity index (χ2v) is 6.21. The van der Waals surface area contributed by atoms with Crippen LogP contribution in [-0.2, 0) is 6.54 Å². The van der Waals surface area contributed by atoms with Gasteiger partial charge in [-0.15, -0.1) is 0 Å². The minimum absolute atomic E-state index is 0.180. The minimum atomic E-state index is -0.359. The van der Waals surface area contributed by atoms with Crippen molar-refractivity contribution < 1.29 is 9.59 Å². The quantitative estimate of drug-likeness (QED) is 0.731. The molecule has 1 aromatic carbocycles. The lowest BCUT2D eigenvalue weighted by molar-refractivity contribution is 0.0945. The lowest BCUT2D eigenvalue weighted by atomic mass is 10.1. The third-order valence-electron chi connectivity index (χ3n) is 4.05. The van der Waals surface area contributed by atoms with E-state index in [1.165, 1.54) is 12.3 Å². The van der Waals surface area contributed by atoms with Crippen LogP contribution in [0.2, 0.25) is 0 Å². The van der Waals surface area contributed by atoms with E-state index in [0.29, 0.717) is 12.1 Å². The Kier molecular flexibility index (Phi) is 5.56. The van der Waals surface area contributed by atoms with Gasteiger partial charge in [0.15, 0.2) is 0 Å². The molecule has 2 N–H and O–H groups in total. The molecule has 27 heavy (non-hydrogen) atoms. The van der Waals surface area contributed by atoms with Gasteiger partial charge in [-0.2, -0.15) is 0 Å². The molecule has 136 valence electrons. The van der Waals surface area contributed by atoms with Gasteiger partial charge in [-0.1, -0.05) is 18.2 Å². The first-order chi connectivity index (χ1) is 13.0. The number of benzene rings is 1. The Bertz CT molecular complexity index is 971. The number of carbonyl (C=O) groups excluding carboxylic acids is 2. The minimum Gasteiger partial charge on any atom is -0.345 e. The number of aryl methyl sites for hydroxylation is 2. The summed E-state index contributed by atoms with van der Waals surface area (Å²) in [7, 11) is 0. The number of carbonyl (C=O) groups is 2. The van der Waals surface area contributed by atoms with Crippen LogP contribution in [-0.4, -0.2) is 21.8 Å². The normalized spacial score (nSPS) is 10.3. The van der Waals surface area contributed by atoms with Crippen molar-refractivity contribution in [3.63, 3.8) is 0 Å². The topological polar surface area (TPSA) is 84.0 Å². The number of hydrogen-bond donors (Lipinski definition) is 2. The molecule has 3 rings (SSSR count). The molecule has 6 nitrogen and oxygen atoms in total. The lowest BCUT2D eigenvalue weighted by Crippen LogP contribution is -2.25. The molecular weight excluding hydrogens is 340 g/mol. The highest BCUT2D eigenvalue weighted by molar-refractivity contribution is 6.06. The van der Waals surface area contributed by atoms with E-state index in [2.05, 4.69) is 20.6 Å². The molecule has 0 aliphatic rings. The Morgan fingerprint density at radius 1 is 0.926 bits per heavy atom. The molecule has 0 unspecified atom stereocenters. The van der Waals surface area contributed by atoms with Crippen molar-refractivity contribution in [2.75, 3.05) is 5.32 Å². The van der Waals surface area contributed by atoms with Crippen molar-refractivity contribution in [2.45, 2.75) is 20.4 Å². The second kappa shape index (κ2) is 8.23. The first-order valence-electron chi connectivity index (χ1n) is 8.56. The molecule has 6 heteroatoms. The number of nitrogens with one attached hydrogen (secondary N) is 2. The monoisotopic (exact) mass is 360 g/mol. The van der Waals surface area contributed by atoms with Gasteiger partial charge in [0, 0.05) is 23.6 Å². The van der Waals surface area contributed by atoms with Gasteiger partial charge in [0.2, 0.25) is 0 Å². The third kappa shape index (κ3) is 4.76. The van der Waals surface area contributed by atoms with Crippen LogP contribution in [0.5, 0.6) is 0 Å². The summed E-state index contributed by atoms with van der Waals surface area (Å²) in [5.74, 6) is -0.646. The average Bonchev–Trinajstić information content (AvgIpc) is 2.69. The van der Waals surface area contributed by atoms with Gasteiger partial charge in [0.05, 0.1) is 12.2 Å². The molecule has 0 aliphatic heterocycles. The van der Waals surface area contributed by atoms with Crippen LogP contribution in [0, 0.1) is 13.8 Å². The van der Waals surface area contributed by atoms with Crippen molar-refractivity contribution in [1.82, 2.24) is 15.3 Å². The Hall–Kier alpha value is -3.54. The highest BCUT2D eigenvalue weighted by atomic mass is 16.2. The van der Waals surface area contributed by atoms with Gasteiger partial charge in [-0.3, -0.25) is 19.6 Å². The number of anilines is 1. The summed E-state index contributed by atoms with van der Waals surface area (Å²) in [4.78, 5) is 33.1. The van der Waals surface area contributed by atoms with Crippen LogP contribution in [0.25, 0.3) is 0 Å². The van der Waals surface area contributed by atoms with Crippen molar-refractivity contribution >= 4 is 17.5 Å². The predicted octanol–water partition coefficient (Wildman–Crippen LogP) is 3.28. The zero-order chi connectivity index (χ0) is 19.2. The summed E-state index contributed by atoms with van der Waals surface area (Å²) in [5, 5.41) is 5.63. The predicted molar refractivity (Wildman–Crippen MR) is 104 cm³/mol. The van der Waals surface area contributed by atoms with Gasteiger partial charge in [-0.05, 0) is 55.3 Å². The van der Waals surface area contributed by atoms with Crippen LogP contribution >= 0.6 is 0 Å². The number of pyridine rings is 2. The Labute approximate surface area is 157 Å². The molecule has 0 saturated heterocycles. The van der Waals surface area contributed by atoms with E-state index in [-0.39, 0.29) is 17.5 Å². The first kappa shape index (κ1) is 18.3. The van der Waals surface area contributed by atoms with E-state index in [9.17, 15) is 9.59 Å². The third-order valence-corrected chi connectivity index (χ3v) is 4.05. The lowest BCUT2D eigenvalue weighted by Gasteiger charge is -2.10. The SMILES string of the molecule is Cc1ccc(C)c(NC(=O)c2ccnc(C(=O)NCc3ccccn3)c2)c1. The van der Waals surface area contributed by atoms with E-state index in [0.717, 1.165) is 22.5 Å². The highest BCUT2D eigenvalue weighted by Gasteiger charge is 2.13. The first-order valence-corrected chi connectivity index (χ1v) is 8.56. The van der Waals surface area contributed by atoms with Crippen LogP contribution in [0.4, 0.5) is 5.69 Å². The molecule has 2 amide bonds. The fourth-order valence-corrected chi connectivity index (χ4v) is 2.53. The molecule has 2 heterocycles. The zero-order valence-electron chi connectivity index (χ0n) is 15.2. The fraction of sp³-hybridized carbons (Fsp3) is 0.143. The van der Waals surface area contributed by atoms with Crippen LogP contribution < -0.4 is 10.6 Å². The van der Waals surface area contributed by atoms with E-state index < -0.39 is 0 Å². The molecule has 0 bridgehead atoms. The molecule has 0 radical (unpaired) electrons. The van der Waals surface area contributed by atoms with Crippen molar-refractivity contribution in [1.29, 1.82) is 0 Å². The molecule has 2 aromatic heterocycles. The fourth-order valence-electron chi connectivity index (χ4n) is 2.53. The molecule has 0 spiro atoms. The summed E-state index contributed by atoms with van der Waals surface area (Å²) in [6, 6.07) is 14.4. The smallest absolute Gasteiger partial charge is 0.270 e. The number of nitrogens with zero attached hydrogens (tertiary/aromatic N) is 2. The van der Waals surface area contributed by atoms with Crippen LogP contribution in [0.15, 0.2) is 60.9 Å². The second-order valence-electron chi connectivity index (χ2n) is 6.21.